The van der Waals surface area contributed by atoms with Crippen LogP contribution in [0.25, 0.3) is 0 Å². The quantitative estimate of drug-likeness (QED) is 0.0184. The predicted molar refractivity (Wildman–Crippen MR) is 438 cm³/mol. The van der Waals surface area contributed by atoms with E-state index in [-0.39, 0.29) is 127 Å². The third-order valence-corrected chi connectivity index (χ3v) is 21.3. The van der Waals surface area contributed by atoms with Crippen LogP contribution in [0.15, 0.2) is 194 Å². The van der Waals surface area contributed by atoms with Crippen LogP contribution in [0.4, 0.5) is 0 Å². The molecule has 0 radical (unpaired) electrons. The zero-order chi connectivity index (χ0) is 84.7. The number of carbonyl (C=O) groups excluding carboxylic acids is 8. The van der Waals surface area contributed by atoms with E-state index in [1.54, 1.807) is 149 Å². The third kappa shape index (κ3) is 32.9. The second-order valence-corrected chi connectivity index (χ2v) is 30.4. The minimum absolute atomic E-state index is 0.0372. The molecule has 5 aliphatic carbocycles. The van der Waals surface area contributed by atoms with Crippen LogP contribution >= 0.6 is 0 Å². The summed E-state index contributed by atoms with van der Waals surface area (Å²) in [4.78, 5) is 93.7. The highest BCUT2D eigenvalue weighted by Gasteiger charge is 2.49. The maximum atomic E-state index is 12.0. The molecule has 118 heavy (non-hydrogen) atoms. The Balaban J connectivity index is 0.000000184. The van der Waals surface area contributed by atoms with Crippen molar-refractivity contribution in [3.8, 4) is 46.0 Å². The molecule has 0 aromatic heterocycles. The van der Waals surface area contributed by atoms with Crippen LogP contribution in [-0.2, 0) is 82.8 Å². The van der Waals surface area contributed by atoms with Gasteiger partial charge in [-0.15, -0.1) is 0 Å². The van der Waals surface area contributed by atoms with Crippen molar-refractivity contribution in [1.29, 1.82) is 0 Å². The van der Waals surface area contributed by atoms with E-state index < -0.39 is 11.9 Å². The molecule has 24 nitrogen and oxygen atoms in total. The van der Waals surface area contributed by atoms with Crippen LogP contribution in [0.3, 0.4) is 0 Å². The highest BCUT2D eigenvalue weighted by atomic mass is 16.6. The first-order valence-corrected chi connectivity index (χ1v) is 40.4. The lowest BCUT2D eigenvalue weighted by molar-refractivity contribution is -0.148. The van der Waals surface area contributed by atoms with Crippen molar-refractivity contribution in [3.63, 3.8) is 0 Å². The van der Waals surface area contributed by atoms with E-state index in [1.165, 1.54) is 121 Å². The second-order valence-electron chi connectivity index (χ2n) is 30.4. The van der Waals surface area contributed by atoms with Crippen molar-refractivity contribution in [1.82, 2.24) is 0 Å². The van der Waals surface area contributed by atoms with Crippen LogP contribution in [0, 0.1) is 53.3 Å². The van der Waals surface area contributed by atoms with E-state index in [1.807, 2.05) is 6.92 Å². The van der Waals surface area contributed by atoms with Crippen LogP contribution < -0.4 is 0 Å². The summed E-state index contributed by atoms with van der Waals surface area (Å²) in [6, 6.07) is 49.9. The molecule has 8 aromatic carbocycles. The van der Waals surface area contributed by atoms with Gasteiger partial charge in [-0.1, -0.05) is 74.0 Å². The Morgan fingerprint density at radius 3 is 0.839 bits per heavy atom. The molecule has 5 saturated carbocycles. The van der Waals surface area contributed by atoms with Gasteiger partial charge in [0.1, 0.15) is 46.0 Å². The molecule has 8 N–H and O–H groups in total. The third-order valence-electron chi connectivity index (χ3n) is 21.3. The van der Waals surface area contributed by atoms with Crippen molar-refractivity contribution >= 4 is 47.8 Å². The SMILES string of the molecule is C1CC2C3CCC(C3)C2C1.CC(COC(=O)Cc1ccc(O)cc1)COC(=O)Cc1ccc(O)cc1.CCOC(=O)c1ccc(O)cc1.CCOC(=O)c1ccc(O)cc1.O=C(Cc1ccc(O)cc1)OCC1CCC(COC(=O)Cc2ccc(O)cc2)CC1.O=C(OCC1CCC(COC(=O)c2cccc(O)c2)CC1)c1cccc(O)c1. The minimum Gasteiger partial charge on any atom is -0.508 e. The summed E-state index contributed by atoms with van der Waals surface area (Å²) in [7, 11) is 0. The van der Waals surface area contributed by atoms with E-state index in [9.17, 15) is 69.0 Å². The number of hydrogen-bond donors (Lipinski definition) is 8. The molecule has 0 amide bonds. The lowest BCUT2D eigenvalue weighted by Gasteiger charge is -2.27. The Bertz CT molecular complexity index is 4140. The van der Waals surface area contributed by atoms with E-state index >= 15 is 0 Å². The number of carbonyl (C=O) groups is 8. The number of rotatable bonds is 26. The number of phenols is 8. The Hall–Kier alpha value is -12.1. The first kappa shape index (κ1) is 91.4. The summed E-state index contributed by atoms with van der Waals surface area (Å²) in [5.41, 5.74) is 4.72. The van der Waals surface area contributed by atoms with Gasteiger partial charge in [-0.05, 0) is 300 Å². The summed E-state index contributed by atoms with van der Waals surface area (Å²) in [5.74, 6) is 4.08. The van der Waals surface area contributed by atoms with Crippen LogP contribution in [-0.4, -0.2) is 141 Å². The van der Waals surface area contributed by atoms with Gasteiger partial charge in [-0.25, -0.2) is 19.2 Å². The molecular weight excluding hydrogens is 1510 g/mol. The number of fused-ring (bicyclic) bond motifs is 5. The Morgan fingerprint density at radius 2 is 0.559 bits per heavy atom. The van der Waals surface area contributed by atoms with Crippen LogP contribution in [0.2, 0.25) is 0 Å². The van der Waals surface area contributed by atoms with Crippen LogP contribution in [0.5, 0.6) is 46.0 Å². The Kier molecular flexibility index (Phi) is 37.5. The molecule has 0 aliphatic heterocycles. The van der Waals surface area contributed by atoms with Crippen molar-refractivity contribution in [3.05, 3.63) is 239 Å². The zero-order valence-corrected chi connectivity index (χ0v) is 67.2. The molecule has 24 heteroatoms. The maximum Gasteiger partial charge on any atom is 0.338 e. The molecular formula is C94H110O24. The van der Waals surface area contributed by atoms with Crippen molar-refractivity contribution in [2.45, 2.75) is 136 Å². The number of ether oxygens (including phenoxy) is 8. The molecule has 5 aliphatic rings. The van der Waals surface area contributed by atoms with Crippen molar-refractivity contribution in [2.75, 3.05) is 52.9 Å². The van der Waals surface area contributed by atoms with Gasteiger partial charge >= 0.3 is 47.8 Å². The molecule has 0 saturated heterocycles. The molecule has 4 unspecified atom stereocenters. The Labute approximate surface area is 688 Å². The highest BCUT2D eigenvalue weighted by molar-refractivity contribution is 5.91. The molecule has 630 valence electrons. The first-order valence-electron chi connectivity index (χ1n) is 40.4. The van der Waals surface area contributed by atoms with Crippen molar-refractivity contribution < 1.29 is 117 Å². The zero-order valence-electron chi connectivity index (χ0n) is 67.2. The van der Waals surface area contributed by atoms with Gasteiger partial charge < -0.3 is 78.7 Å². The fourth-order valence-electron chi connectivity index (χ4n) is 14.9. The van der Waals surface area contributed by atoms with E-state index in [4.69, 9.17) is 48.1 Å². The van der Waals surface area contributed by atoms with Crippen molar-refractivity contribution in [2.24, 2.45) is 53.3 Å². The molecule has 4 atom stereocenters. The van der Waals surface area contributed by atoms with E-state index in [2.05, 4.69) is 0 Å². The lowest BCUT2D eigenvalue weighted by atomic mass is 9.82. The molecule has 8 aromatic rings. The minimum atomic E-state index is -0.432. The average Bonchev–Trinajstić information content (AvgIpc) is 1.62. The lowest BCUT2D eigenvalue weighted by Crippen LogP contribution is -2.24. The predicted octanol–water partition coefficient (Wildman–Crippen LogP) is 16.3. The Morgan fingerprint density at radius 1 is 0.297 bits per heavy atom. The van der Waals surface area contributed by atoms with Gasteiger partial charge in [-0.3, -0.25) is 19.2 Å². The standard InChI is InChI=1S/C24H28O6.C22H24O6.C20H22O6.C10H16.2C9H10O3/c25-21-9-5-17(6-10-21)13-23(27)29-15-19-1-2-20(4-3-19)16-30-24(28)14-18-7-11-22(26)12-8-18;23-19-5-1-3-17(11-19)21(25)27-13-15-7-9-16(10-8-15)14-28-22(26)18-4-2-6-20(24)12-18;1-14(12-25-19(23)10-15-2-6-17(21)7-3-15)13-26-20(24)11-16-4-8-18(22)9-5-16;1-2-9-7-4-5-8(6-7)10(9)3-1;2*1-2-12-9(11)7-3-5-8(10)6-4-7/h5-12,19-20,25-26H,1-4,13-16H2;1-6,11-12,15-16,23-24H,7-10,13-14H2;2-9,14,21-22H,10-13H2,1H3;7-10H,1-6H2;2*3-6,10H,2H2,1H3. The van der Waals surface area contributed by atoms with E-state index in [0.29, 0.717) is 85.6 Å². The summed E-state index contributed by atoms with van der Waals surface area (Å²) < 4.78 is 41.4. The number of phenolic OH excluding ortho intramolecular Hbond substituents is 8. The highest BCUT2D eigenvalue weighted by Crippen LogP contribution is 2.58. The summed E-state index contributed by atoms with van der Waals surface area (Å²) in [6.45, 7) is 7.90. The smallest absolute Gasteiger partial charge is 0.338 e. The number of hydrogen-bond acceptors (Lipinski definition) is 24. The maximum absolute atomic E-state index is 12.0. The van der Waals surface area contributed by atoms with Gasteiger partial charge in [-0.2, -0.15) is 0 Å². The second kappa shape index (κ2) is 48.5. The summed E-state index contributed by atoms with van der Waals surface area (Å²) >= 11 is 0. The molecule has 0 spiro atoms. The number of esters is 8. The molecule has 5 fully saturated rings. The van der Waals surface area contributed by atoms with Gasteiger partial charge in [0.2, 0.25) is 0 Å². The molecule has 13 rings (SSSR count). The summed E-state index contributed by atoms with van der Waals surface area (Å²) in [5, 5.41) is 73.7. The number of benzene rings is 8. The monoisotopic (exact) mass is 1620 g/mol. The largest absolute Gasteiger partial charge is 0.508 e. The van der Waals surface area contributed by atoms with Gasteiger partial charge in [0.05, 0.1) is 101 Å². The average molecular weight is 1620 g/mol. The van der Waals surface area contributed by atoms with Gasteiger partial charge in [0.25, 0.3) is 0 Å². The van der Waals surface area contributed by atoms with Gasteiger partial charge in [0.15, 0.2) is 0 Å². The fourth-order valence-corrected chi connectivity index (χ4v) is 14.9. The van der Waals surface area contributed by atoms with E-state index in [0.717, 1.165) is 73.6 Å². The van der Waals surface area contributed by atoms with Gasteiger partial charge in [0, 0.05) is 5.92 Å². The summed E-state index contributed by atoms with van der Waals surface area (Å²) in [6.07, 6.45) is 17.6. The molecule has 2 bridgehead atoms. The number of aromatic hydroxyl groups is 8. The van der Waals surface area contributed by atoms with Crippen LogP contribution in [0.1, 0.15) is 174 Å². The topological polar surface area (TPSA) is 372 Å². The normalized spacial score (nSPS) is 18.3. The fraction of sp³-hybridized carbons (Fsp3) is 0.404. The first-order chi connectivity index (χ1) is 56.8. The molecule has 0 heterocycles.